The fraction of sp³-hybridized carbons (Fsp3) is 0.455. The molecule has 2 aromatic heterocycles. The molecular weight excluding hydrogens is 248 g/mol. The Morgan fingerprint density at radius 3 is 2.89 bits per heavy atom. The molecule has 2 rings (SSSR count). The van der Waals surface area contributed by atoms with Gasteiger partial charge in [-0.25, -0.2) is 4.68 Å². The van der Waals surface area contributed by atoms with Crippen molar-refractivity contribution in [3.05, 3.63) is 18.5 Å². The van der Waals surface area contributed by atoms with Gasteiger partial charge in [0, 0.05) is 26.0 Å². The van der Waals surface area contributed by atoms with Crippen LogP contribution in [-0.2, 0) is 4.74 Å². The zero-order valence-corrected chi connectivity index (χ0v) is 10.9. The lowest BCUT2D eigenvalue weighted by atomic mass is 10.7. The van der Waals surface area contributed by atoms with Crippen LogP contribution in [0.3, 0.4) is 0 Å². The Balaban J connectivity index is 2.22. The zero-order chi connectivity index (χ0) is 13.5. The first kappa shape index (κ1) is 13.2. The predicted molar refractivity (Wildman–Crippen MR) is 68.5 cm³/mol. The Labute approximate surface area is 110 Å². The van der Waals surface area contributed by atoms with Crippen LogP contribution in [0.25, 0.3) is 5.95 Å². The van der Waals surface area contributed by atoms with Gasteiger partial charge < -0.3 is 14.8 Å². The topological polar surface area (TPSA) is 87.0 Å². The monoisotopic (exact) mass is 264 g/mol. The second-order valence-electron chi connectivity index (χ2n) is 3.54. The summed E-state index contributed by atoms with van der Waals surface area (Å²) in [6.07, 6.45) is 3.41. The van der Waals surface area contributed by atoms with Gasteiger partial charge in [-0.2, -0.15) is 20.1 Å². The van der Waals surface area contributed by atoms with E-state index in [1.165, 1.54) is 0 Å². The molecule has 0 radical (unpaired) electrons. The molecule has 0 aliphatic carbocycles. The fourth-order valence-electron chi connectivity index (χ4n) is 1.37. The summed E-state index contributed by atoms with van der Waals surface area (Å²) in [5, 5.41) is 7.12. The molecule has 0 fully saturated rings. The number of methoxy groups -OCH3 is 1. The van der Waals surface area contributed by atoms with Gasteiger partial charge in [-0.05, 0) is 13.0 Å². The molecule has 0 aromatic carbocycles. The molecule has 0 unspecified atom stereocenters. The number of anilines is 1. The molecule has 2 aromatic rings. The summed E-state index contributed by atoms with van der Waals surface area (Å²) in [7, 11) is 1.63. The summed E-state index contributed by atoms with van der Waals surface area (Å²) >= 11 is 0. The van der Waals surface area contributed by atoms with Crippen molar-refractivity contribution in [2.24, 2.45) is 0 Å². The van der Waals surface area contributed by atoms with Crippen LogP contribution in [0, 0.1) is 0 Å². The van der Waals surface area contributed by atoms with E-state index in [2.05, 4.69) is 25.4 Å². The van der Waals surface area contributed by atoms with Gasteiger partial charge in [-0.1, -0.05) is 0 Å². The van der Waals surface area contributed by atoms with Crippen molar-refractivity contribution in [1.82, 2.24) is 24.7 Å². The highest BCUT2D eigenvalue weighted by Gasteiger charge is 2.08. The number of nitrogens with zero attached hydrogens (tertiary/aromatic N) is 5. The standard InChI is InChI=1S/C11H16N6O2/c1-3-19-11-15-9(12-6-8-18-2)14-10(16-11)17-7-4-5-13-17/h4-5,7H,3,6,8H2,1-2H3,(H,12,14,15,16). The van der Waals surface area contributed by atoms with Crippen molar-refractivity contribution in [1.29, 1.82) is 0 Å². The highest BCUT2D eigenvalue weighted by molar-refractivity contribution is 5.29. The summed E-state index contributed by atoms with van der Waals surface area (Å²) in [6, 6.07) is 2.06. The van der Waals surface area contributed by atoms with Crippen LogP contribution in [-0.4, -0.2) is 51.6 Å². The minimum Gasteiger partial charge on any atom is -0.464 e. The van der Waals surface area contributed by atoms with Gasteiger partial charge in [0.2, 0.25) is 5.95 Å². The van der Waals surface area contributed by atoms with Crippen molar-refractivity contribution in [2.75, 3.05) is 32.2 Å². The SMILES string of the molecule is CCOc1nc(NCCOC)nc(-n2cccn2)n1. The first-order valence-corrected chi connectivity index (χ1v) is 5.95. The van der Waals surface area contributed by atoms with E-state index in [-0.39, 0.29) is 6.01 Å². The van der Waals surface area contributed by atoms with Gasteiger partial charge in [0.05, 0.1) is 13.2 Å². The second kappa shape index (κ2) is 6.64. The fourth-order valence-corrected chi connectivity index (χ4v) is 1.37. The number of hydrogen-bond acceptors (Lipinski definition) is 7. The predicted octanol–water partition coefficient (Wildman–Crippen LogP) is 0.514. The van der Waals surface area contributed by atoms with Crippen LogP contribution in [0.2, 0.25) is 0 Å². The third-order valence-corrected chi connectivity index (χ3v) is 2.18. The van der Waals surface area contributed by atoms with Crippen LogP contribution in [0.15, 0.2) is 18.5 Å². The summed E-state index contributed by atoms with van der Waals surface area (Å²) in [6.45, 7) is 3.52. The Morgan fingerprint density at radius 2 is 2.21 bits per heavy atom. The Morgan fingerprint density at radius 1 is 1.32 bits per heavy atom. The van der Waals surface area contributed by atoms with E-state index in [0.29, 0.717) is 31.7 Å². The molecule has 1 N–H and O–H groups in total. The molecule has 0 bridgehead atoms. The third kappa shape index (κ3) is 3.62. The highest BCUT2D eigenvalue weighted by atomic mass is 16.5. The second-order valence-corrected chi connectivity index (χ2v) is 3.54. The largest absolute Gasteiger partial charge is 0.464 e. The lowest BCUT2D eigenvalue weighted by Gasteiger charge is -2.08. The van der Waals surface area contributed by atoms with Gasteiger partial charge in [0.1, 0.15) is 0 Å². The van der Waals surface area contributed by atoms with Crippen molar-refractivity contribution < 1.29 is 9.47 Å². The van der Waals surface area contributed by atoms with Gasteiger partial charge >= 0.3 is 6.01 Å². The van der Waals surface area contributed by atoms with Gasteiger partial charge in [-0.15, -0.1) is 0 Å². The Kier molecular flexibility index (Phi) is 4.62. The van der Waals surface area contributed by atoms with Crippen molar-refractivity contribution in [2.45, 2.75) is 6.92 Å². The molecule has 0 atom stereocenters. The summed E-state index contributed by atoms with van der Waals surface area (Å²) in [5.41, 5.74) is 0. The van der Waals surface area contributed by atoms with Crippen molar-refractivity contribution in [3.8, 4) is 12.0 Å². The lowest BCUT2D eigenvalue weighted by Crippen LogP contribution is -2.14. The van der Waals surface area contributed by atoms with Crippen LogP contribution >= 0.6 is 0 Å². The smallest absolute Gasteiger partial charge is 0.323 e. The molecule has 8 heteroatoms. The Bertz CT molecular complexity index is 502. The average molecular weight is 264 g/mol. The maximum Gasteiger partial charge on any atom is 0.323 e. The summed E-state index contributed by atoms with van der Waals surface area (Å²) in [5.74, 6) is 0.837. The molecule has 19 heavy (non-hydrogen) atoms. The van der Waals surface area contributed by atoms with E-state index in [4.69, 9.17) is 9.47 Å². The molecule has 8 nitrogen and oxygen atoms in total. The molecule has 102 valence electrons. The van der Waals surface area contributed by atoms with Gasteiger partial charge in [-0.3, -0.25) is 0 Å². The summed E-state index contributed by atoms with van der Waals surface area (Å²) in [4.78, 5) is 12.6. The minimum absolute atomic E-state index is 0.267. The Hall–Kier alpha value is -2.22. The van der Waals surface area contributed by atoms with Crippen molar-refractivity contribution >= 4 is 5.95 Å². The molecule has 0 saturated heterocycles. The molecule has 0 aliphatic heterocycles. The van der Waals surface area contributed by atoms with Gasteiger partial charge in [0.15, 0.2) is 0 Å². The van der Waals surface area contributed by atoms with E-state index < -0.39 is 0 Å². The number of nitrogens with one attached hydrogen (secondary N) is 1. The van der Waals surface area contributed by atoms with E-state index in [1.54, 1.807) is 30.3 Å². The number of aromatic nitrogens is 5. The molecule has 0 amide bonds. The van der Waals surface area contributed by atoms with Crippen LogP contribution in [0.4, 0.5) is 5.95 Å². The van der Waals surface area contributed by atoms with E-state index >= 15 is 0 Å². The molecule has 2 heterocycles. The first-order chi connectivity index (χ1) is 9.33. The molecular formula is C11H16N6O2. The highest BCUT2D eigenvalue weighted by Crippen LogP contribution is 2.10. The number of ether oxygens (including phenoxy) is 2. The van der Waals surface area contributed by atoms with Gasteiger partial charge in [0.25, 0.3) is 5.95 Å². The average Bonchev–Trinajstić information content (AvgIpc) is 2.93. The van der Waals surface area contributed by atoms with Crippen LogP contribution < -0.4 is 10.1 Å². The molecule has 0 spiro atoms. The quantitative estimate of drug-likeness (QED) is 0.729. The van der Waals surface area contributed by atoms with Crippen LogP contribution in [0.1, 0.15) is 6.92 Å². The summed E-state index contributed by atoms with van der Waals surface area (Å²) < 4.78 is 11.8. The lowest BCUT2D eigenvalue weighted by molar-refractivity contribution is 0.210. The van der Waals surface area contributed by atoms with Crippen LogP contribution in [0.5, 0.6) is 6.01 Å². The van der Waals surface area contributed by atoms with E-state index in [1.807, 2.05) is 6.92 Å². The number of rotatable bonds is 7. The first-order valence-electron chi connectivity index (χ1n) is 5.95. The maximum absolute atomic E-state index is 5.32. The zero-order valence-electron chi connectivity index (χ0n) is 10.9. The normalized spacial score (nSPS) is 10.4. The third-order valence-electron chi connectivity index (χ3n) is 2.18. The molecule has 0 aliphatic rings. The maximum atomic E-state index is 5.32. The van der Waals surface area contributed by atoms with E-state index in [0.717, 1.165) is 0 Å². The minimum atomic E-state index is 0.267. The van der Waals surface area contributed by atoms with Crippen molar-refractivity contribution in [3.63, 3.8) is 0 Å². The van der Waals surface area contributed by atoms with E-state index in [9.17, 15) is 0 Å². The molecule has 0 saturated carbocycles. The number of hydrogen-bond donors (Lipinski definition) is 1.